The fraction of sp³-hybridized carbons (Fsp3) is 0.0588. The van der Waals surface area contributed by atoms with Crippen LogP contribution < -0.4 is 5.32 Å². The SMILES string of the molecule is c1cncc(CNc2cnc3cc(-c4cn[nH]c4)ccc3n2)c1. The fourth-order valence-corrected chi connectivity index (χ4v) is 2.38. The molecule has 1 aromatic carbocycles. The summed E-state index contributed by atoms with van der Waals surface area (Å²) >= 11 is 0. The number of hydrogen-bond acceptors (Lipinski definition) is 5. The highest BCUT2D eigenvalue weighted by molar-refractivity contribution is 5.81. The molecule has 0 amide bonds. The van der Waals surface area contributed by atoms with Gasteiger partial charge in [0.05, 0.1) is 23.4 Å². The number of rotatable bonds is 4. The number of aromatic amines is 1. The first-order valence-electron chi connectivity index (χ1n) is 7.27. The van der Waals surface area contributed by atoms with E-state index in [1.807, 2.05) is 42.7 Å². The van der Waals surface area contributed by atoms with E-state index in [0.717, 1.165) is 33.5 Å². The van der Waals surface area contributed by atoms with E-state index in [0.29, 0.717) is 6.54 Å². The third-order valence-corrected chi connectivity index (χ3v) is 3.57. The van der Waals surface area contributed by atoms with E-state index < -0.39 is 0 Å². The number of H-pyrrole nitrogens is 1. The smallest absolute Gasteiger partial charge is 0.145 e. The summed E-state index contributed by atoms with van der Waals surface area (Å²) in [6.45, 7) is 0.668. The van der Waals surface area contributed by atoms with Gasteiger partial charge in [0, 0.05) is 30.7 Å². The lowest BCUT2D eigenvalue weighted by Crippen LogP contribution is -2.02. The molecule has 0 unspecified atom stereocenters. The Bertz CT molecular complexity index is 918. The van der Waals surface area contributed by atoms with Crippen molar-refractivity contribution in [3.63, 3.8) is 0 Å². The molecule has 6 nitrogen and oxygen atoms in total. The number of nitrogens with one attached hydrogen (secondary N) is 2. The molecule has 3 aromatic heterocycles. The topological polar surface area (TPSA) is 79.4 Å². The minimum atomic E-state index is 0.668. The predicted octanol–water partition coefficient (Wildman–Crippen LogP) is 3.03. The summed E-state index contributed by atoms with van der Waals surface area (Å²) in [4.78, 5) is 13.2. The monoisotopic (exact) mass is 302 g/mol. The van der Waals surface area contributed by atoms with E-state index >= 15 is 0 Å². The van der Waals surface area contributed by atoms with Crippen molar-refractivity contribution >= 4 is 16.9 Å². The Morgan fingerprint density at radius 1 is 1.00 bits per heavy atom. The number of anilines is 1. The molecule has 2 N–H and O–H groups in total. The lowest BCUT2D eigenvalue weighted by molar-refractivity contribution is 1.08. The minimum absolute atomic E-state index is 0.668. The van der Waals surface area contributed by atoms with Crippen LogP contribution in [0.1, 0.15) is 5.56 Å². The van der Waals surface area contributed by atoms with Gasteiger partial charge in [0.25, 0.3) is 0 Å². The van der Waals surface area contributed by atoms with Gasteiger partial charge in [0.15, 0.2) is 0 Å². The van der Waals surface area contributed by atoms with Crippen LogP contribution >= 0.6 is 0 Å². The summed E-state index contributed by atoms with van der Waals surface area (Å²) in [5.74, 6) is 0.748. The number of hydrogen-bond donors (Lipinski definition) is 2. The molecule has 4 aromatic rings. The molecular weight excluding hydrogens is 288 g/mol. The van der Waals surface area contributed by atoms with Crippen molar-refractivity contribution in [2.75, 3.05) is 5.32 Å². The zero-order valence-electron chi connectivity index (χ0n) is 12.3. The first-order chi connectivity index (χ1) is 11.4. The Labute approximate surface area is 132 Å². The van der Waals surface area contributed by atoms with E-state index in [-0.39, 0.29) is 0 Å². The molecule has 0 aliphatic rings. The number of pyridine rings is 1. The average molecular weight is 302 g/mol. The van der Waals surface area contributed by atoms with Crippen molar-refractivity contribution < 1.29 is 0 Å². The maximum absolute atomic E-state index is 4.60. The van der Waals surface area contributed by atoms with Crippen molar-refractivity contribution in [3.8, 4) is 11.1 Å². The van der Waals surface area contributed by atoms with Crippen LogP contribution in [-0.4, -0.2) is 25.1 Å². The number of aromatic nitrogens is 5. The maximum atomic E-state index is 4.60. The van der Waals surface area contributed by atoms with Gasteiger partial charge >= 0.3 is 0 Å². The zero-order chi connectivity index (χ0) is 15.5. The van der Waals surface area contributed by atoms with Crippen molar-refractivity contribution in [1.82, 2.24) is 25.1 Å². The average Bonchev–Trinajstić information content (AvgIpc) is 3.15. The van der Waals surface area contributed by atoms with Gasteiger partial charge in [-0.2, -0.15) is 5.10 Å². The Kier molecular flexibility index (Phi) is 3.40. The largest absolute Gasteiger partial charge is 0.365 e. The van der Waals surface area contributed by atoms with E-state index in [4.69, 9.17) is 0 Å². The summed E-state index contributed by atoms with van der Waals surface area (Å²) < 4.78 is 0. The van der Waals surface area contributed by atoms with Gasteiger partial charge in [0.1, 0.15) is 5.82 Å². The molecule has 0 spiro atoms. The van der Waals surface area contributed by atoms with Crippen LogP contribution in [0.5, 0.6) is 0 Å². The Morgan fingerprint density at radius 3 is 2.83 bits per heavy atom. The molecule has 0 saturated carbocycles. The van der Waals surface area contributed by atoms with Crippen LogP contribution in [0.3, 0.4) is 0 Å². The molecule has 3 heterocycles. The molecule has 0 radical (unpaired) electrons. The minimum Gasteiger partial charge on any atom is -0.365 e. The van der Waals surface area contributed by atoms with Crippen LogP contribution in [0.25, 0.3) is 22.2 Å². The predicted molar refractivity (Wildman–Crippen MR) is 88.7 cm³/mol. The van der Waals surface area contributed by atoms with Crippen molar-refractivity contribution in [1.29, 1.82) is 0 Å². The van der Waals surface area contributed by atoms with E-state index in [2.05, 4.69) is 30.5 Å². The molecule has 0 fully saturated rings. The van der Waals surface area contributed by atoms with Gasteiger partial charge in [-0.25, -0.2) is 4.98 Å². The molecule has 0 bridgehead atoms. The van der Waals surface area contributed by atoms with Gasteiger partial charge in [-0.15, -0.1) is 0 Å². The van der Waals surface area contributed by atoms with Gasteiger partial charge in [-0.1, -0.05) is 12.1 Å². The van der Waals surface area contributed by atoms with Gasteiger partial charge in [0.2, 0.25) is 0 Å². The summed E-state index contributed by atoms with van der Waals surface area (Å²) in [6.07, 6.45) is 8.99. The molecule has 6 heteroatoms. The third-order valence-electron chi connectivity index (χ3n) is 3.57. The van der Waals surface area contributed by atoms with Crippen molar-refractivity contribution in [2.45, 2.75) is 6.54 Å². The maximum Gasteiger partial charge on any atom is 0.145 e. The van der Waals surface area contributed by atoms with Crippen LogP contribution in [-0.2, 0) is 6.54 Å². The Hall–Kier alpha value is -3.28. The van der Waals surface area contributed by atoms with Crippen LogP contribution in [0.4, 0.5) is 5.82 Å². The van der Waals surface area contributed by atoms with E-state index in [1.165, 1.54) is 0 Å². The summed E-state index contributed by atoms with van der Waals surface area (Å²) in [6, 6.07) is 9.94. The van der Waals surface area contributed by atoms with Crippen molar-refractivity contribution in [2.24, 2.45) is 0 Å². The van der Waals surface area contributed by atoms with E-state index in [1.54, 1.807) is 18.6 Å². The molecule has 0 saturated heterocycles. The highest BCUT2D eigenvalue weighted by atomic mass is 15.1. The third kappa shape index (κ3) is 2.87. The number of benzene rings is 1. The van der Waals surface area contributed by atoms with Crippen LogP contribution in [0.2, 0.25) is 0 Å². The van der Waals surface area contributed by atoms with Gasteiger partial charge in [-0.3, -0.25) is 15.1 Å². The first-order valence-corrected chi connectivity index (χ1v) is 7.27. The fourth-order valence-electron chi connectivity index (χ4n) is 2.38. The molecule has 0 aliphatic carbocycles. The lowest BCUT2D eigenvalue weighted by Gasteiger charge is -2.06. The van der Waals surface area contributed by atoms with Crippen LogP contribution in [0, 0.1) is 0 Å². The van der Waals surface area contributed by atoms with Crippen molar-refractivity contribution in [3.05, 3.63) is 66.9 Å². The standard InChI is InChI=1S/C17H14N6/c1-2-12(7-18-5-1)8-20-17-11-19-16-6-13(3-4-15(16)23-17)14-9-21-22-10-14/h1-7,9-11H,8H2,(H,20,23)(H,21,22). The van der Waals surface area contributed by atoms with Crippen LogP contribution in [0.15, 0.2) is 61.3 Å². The summed E-state index contributed by atoms with van der Waals surface area (Å²) in [7, 11) is 0. The number of nitrogens with zero attached hydrogens (tertiary/aromatic N) is 4. The van der Waals surface area contributed by atoms with E-state index in [9.17, 15) is 0 Å². The second-order valence-corrected chi connectivity index (χ2v) is 5.16. The zero-order valence-corrected chi connectivity index (χ0v) is 12.3. The molecule has 4 rings (SSSR count). The van der Waals surface area contributed by atoms with Gasteiger partial charge < -0.3 is 5.32 Å². The highest BCUT2D eigenvalue weighted by Crippen LogP contribution is 2.22. The number of fused-ring (bicyclic) bond motifs is 1. The molecule has 0 aliphatic heterocycles. The normalized spacial score (nSPS) is 10.8. The van der Waals surface area contributed by atoms with Gasteiger partial charge in [-0.05, 0) is 29.3 Å². The Balaban J connectivity index is 1.57. The highest BCUT2D eigenvalue weighted by Gasteiger charge is 2.04. The Morgan fingerprint density at radius 2 is 2.00 bits per heavy atom. The molecule has 23 heavy (non-hydrogen) atoms. The second-order valence-electron chi connectivity index (χ2n) is 5.16. The molecular formula is C17H14N6. The first kappa shape index (κ1) is 13.4. The molecule has 0 atom stereocenters. The quantitative estimate of drug-likeness (QED) is 0.606. The molecule has 112 valence electrons. The lowest BCUT2D eigenvalue weighted by atomic mass is 10.1. The summed E-state index contributed by atoms with van der Waals surface area (Å²) in [5.41, 5.74) is 4.91. The second kappa shape index (κ2) is 5.84. The summed E-state index contributed by atoms with van der Waals surface area (Å²) in [5, 5.41) is 10.1.